The quantitative estimate of drug-likeness (QED) is 0.172. The normalized spacial score (nSPS) is 10.6. The fourth-order valence-electron chi connectivity index (χ4n) is 6.50. The number of benzene rings is 8. The van der Waals surface area contributed by atoms with Crippen molar-refractivity contribution >= 4 is 122 Å². The lowest BCUT2D eigenvalue weighted by Crippen LogP contribution is -2.30. The molecule has 272 valence electrons. The molecule has 0 aliphatic heterocycles. The minimum absolute atomic E-state index is 0. The molecule has 0 aliphatic rings. The van der Waals surface area contributed by atoms with Crippen molar-refractivity contribution in [2.24, 2.45) is 0 Å². The molecule has 2 N–H and O–H groups in total. The number of fused-ring (bicyclic) bond motifs is 5. The lowest BCUT2D eigenvalue weighted by atomic mass is 9.77. The average Bonchev–Trinajstić information content (AvgIpc) is 3.91. The van der Waals surface area contributed by atoms with Crippen molar-refractivity contribution in [2.75, 3.05) is 0 Å². The first kappa shape index (κ1) is 39.8. The largest absolute Gasteiger partial charge is 0.489 e. The van der Waals surface area contributed by atoms with E-state index in [9.17, 15) is 0 Å². The van der Waals surface area contributed by atoms with Gasteiger partial charge in [-0.05, 0) is 92.9 Å². The maximum atomic E-state index is 9.08. The van der Waals surface area contributed by atoms with E-state index in [1.807, 2.05) is 48.5 Å². The zero-order valence-corrected chi connectivity index (χ0v) is 32.6. The van der Waals surface area contributed by atoms with Crippen LogP contribution in [0.15, 0.2) is 161 Å². The van der Waals surface area contributed by atoms with Crippen molar-refractivity contribution in [3.63, 3.8) is 0 Å². The summed E-state index contributed by atoms with van der Waals surface area (Å²) in [7, 11) is -1.40. The molecule has 0 saturated heterocycles. The van der Waals surface area contributed by atoms with Gasteiger partial charge in [0.1, 0.15) is 22.1 Å². The second kappa shape index (κ2) is 17.7. The van der Waals surface area contributed by atoms with Gasteiger partial charge in [0.2, 0.25) is 0 Å². The minimum atomic E-state index is -1.40. The van der Waals surface area contributed by atoms with Crippen molar-refractivity contribution < 1.29 is 10.0 Å². The smallest absolute Gasteiger partial charge is 0.423 e. The SMILES string of the molecule is Brc1ccc(Br)c2nsnc12.C.C.OB(O)c1cccc2ccccc12.c1ccc2c(-c3ccc(-c4cccc5ccccc45)c4nsnc34)cccc2c1. The van der Waals surface area contributed by atoms with Crippen LogP contribution < -0.4 is 5.46 Å². The van der Waals surface area contributed by atoms with Gasteiger partial charge >= 0.3 is 7.12 Å². The van der Waals surface area contributed by atoms with Crippen LogP contribution in [0.3, 0.4) is 0 Å². The summed E-state index contributed by atoms with van der Waals surface area (Å²) in [6, 6.07) is 51.3. The second-order valence-electron chi connectivity index (χ2n) is 12.1. The predicted molar refractivity (Wildman–Crippen MR) is 243 cm³/mol. The fraction of sp³-hybridized carbons (Fsp3) is 0.0455. The first-order valence-corrected chi connectivity index (χ1v) is 19.6. The van der Waals surface area contributed by atoms with E-state index in [4.69, 9.17) is 18.8 Å². The Hall–Kier alpha value is -4.88. The van der Waals surface area contributed by atoms with E-state index in [1.165, 1.54) is 56.1 Å². The molecule has 8 aromatic carbocycles. The molecule has 2 heterocycles. The number of hydrogen-bond acceptors (Lipinski definition) is 8. The van der Waals surface area contributed by atoms with Gasteiger partial charge in [0.25, 0.3) is 0 Å². The molecule has 10 rings (SSSR count). The van der Waals surface area contributed by atoms with Crippen molar-refractivity contribution in [3.8, 4) is 22.3 Å². The van der Waals surface area contributed by atoms with Crippen LogP contribution in [-0.4, -0.2) is 34.7 Å². The summed E-state index contributed by atoms with van der Waals surface area (Å²) in [5, 5.41) is 25.0. The molecule has 0 unspecified atom stereocenters. The summed E-state index contributed by atoms with van der Waals surface area (Å²) in [4.78, 5) is 0. The molecule has 0 aliphatic carbocycles. The molecule has 0 saturated carbocycles. The van der Waals surface area contributed by atoms with E-state index in [0.717, 1.165) is 52.9 Å². The molecule has 2 aromatic heterocycles. The van der Waals surface area contributed by atoms with E-state index >= 15 is 0 Å². The monoisotopic (exact) mass is 884 g/mol. The predicted octanol–water partition coefficient (Wildman–Crippen LogP) is 12.3. The topological polar surface area (TPSA) is 92.0 Å². The standard InChI is InChI=1S/C26H16N2S.C10H9BO2.C6H2Br2N2S.2CH4/c1-3-11-19-17(7-1)9-5-13-21(19)23-15-16-24(26-25(23)27-29-28-26)22-14-6-10-18-8-2-4-12-20(18)22;12-11(13)10-7-3-5-8-4-1-2-6-9(8)10;7-3-1-2-4(8)6-5(3)9-11-10-6;;/h1-16H;1-7,12-13H;1-2H;2*1H4. The van der Waals surface area contributed by atoms with Gasteiger partial charge in [-0.25, -0.2) is 0 Å². The number of rotatable bonds is 3. The third kappa shape index (κ3) is 8.09. The summed E-state index contributed by atoms with van der Waals surface area (Å²) in [6.07, 6.45) is 0. The van der Waals surface area contributed by atoms with Crippen LogP contribution in [0.25, 0.3) is 76.6 Å². The Morgan fingerprint density at radius 2 is 0.745 bits per heavy atom. The molecule has 0 bridgehead atoms. The molecule has 55 heavy (non-hydrogen) atoms. The Kier molecular flexibility index (Phi) is 12.8. The zero-order chi connectivity index (χ0) is 36.3. The maximum Gasteiger partial charge on any atom is 0.489 e. The Labute approximate surface area is 345 Å². The van der Waals surface area contributed by atoms with Gasteiger partial charge in [-0.3, -0.25) is 0 Å². The molecule has 11 heteroatoms. The number of hydrogen-bond donors (Lipinski definition) is 2. The van der Waals surface area contributed by atoms with Crippen LogP contribution >= 0.6 is 55.3 Å². The molecular formula is C44H35BBr2N4O2S2. The van der Waals surface area contributed by atoms with Gasteiger partial charge in [0.15, 0.2) is 0 Å². The van der Waals surface area contributed by atoms with Crippen molar-refractivity contribution in [1.29, 1.82) is 0 Å². The van der Waals surface area contributed by atoms with Gasteiger partial charge < -0.3 is 10.0 Å². The van der Waals surface area contributed by atoms with Crippen molar-refractivity contribution in [2.45, 2.75) is 14.9 Å². The van der Waals surface area contributed by atoms with Gasteiger partial charge in [-0.2, -0.15) is 17.5 Å². The third-order valence-corrected chi connectivity index (χ3v) is 11.3. The number of halogens is 2. The van der Waals surface area contributed by atoms with Gasteiger partial charge in [-0.15, -0.1) is 0 Å². The van der Waals surface area contributed by atoms with Crippen LogP contribution in [0, 0.1) is 0 Å². The summed E-state index contributed by atoms with van der Waals surface area (Å²) >= 11 is 9.29. The Morgan fingerprint density at radius 1 is 0.382 bits per heavy atom. The fourth-order valence-corrected chi connectivity index (χ4v) is 8.70. The first-order chi connectivity index (χ1) is 26.0. The molecule has 10 aromatic rings. The van der Waals surface area contributed by atoms with Gasteiger partial charge in [-0.1, -0.05) is 154 Å². The molecule has 0 fully saturated rings. The molecule has 6 nitrogen and oxygen atoms in total. The van der Waals surface area contributed by atoms with E-state index in [-0.39, 0.29) is 14.9 Å². The average molecular weight is 887 g/mol. The van der Waals surface area contributed by atoms with Gasteiger partial charge in [0.05, 0.1) is 23.5 Å². The molecule has 0 spiro atoms. The summed E-state index contributed by atoms with van der Waals surface area (Å²) < 4.78 is 19.6. The van der Waals surface area contributed by atoms with Crippen molar-refractivity contribution in [1.82, 2.24) is 17.5 Å². The first-order valence-electron chi connectivity index (χ1n) is 16.6. The highest BCUT2D eigenvalue weighted by molar-refractivity contribution is 9.11. The van der Waals surface area contributed by atoms with E-state index < -0.39 is 7.12 Å². The Balaban J connectivity index is 0.000000164. The zero-order valence-electron chi connectivity index (χ0n) is 27.8. The molecule has 0 radical (unpaired) electrons. The van der Waals surface area contributed by atoms with Crippen LogP contribution in [-0.2, 0) is 0 Å². The number of nitrogens with zero attached hydrogens (tertiary/aromatic N) is 4. The van der Waals surface area contributed by atoms with Crippen molar-refractivity contribution in [3.05, 3.63) is 161 Å². The molecule has 0 atom stereocenters. The third-order valence-electron chi connectivity index (χ3n) is 8.99. The lowest BCUT2D eigenvalue weighted by molar-refractivity contribution is 0.426. The second-order valence-corrected chi connectivity index (χ2v) is 14.9. The summed E-state index contributed by atoms with van der Waals surface area (Å²) in [5.41, 5.74) is 9.00. The number of aromatic nitrogens is 4. The highest BCUT2D eigenvalue weighted by atomic mass is 79.9. The van der Waals surface area contributed by atoms with E-state index in [1.54, 1.807) is 6.07 Å². The van der Waals surface area contributed by atoms with Crippen LogP contribution in [0.4, 0.5) is 0 Å². The highest BCUT2D eigenvalue weighted by Crippen LogP contribution is 2.39. The minimum Gasteiger partial charge on any atom is -0.423 e. The molecular weight excluding hydrogens is 851 g/mol. The summed E-state index contributed by atoms with van der Waals surface area (Å²) in [6.45, 7) is 0. The highest BCUT2D eigenvalue weighted by Gasteiger charge is 2.16. The van der Waals surface area contributed by atoms with Crippen LogP contribution in [0.2, 0.25) is 0 Å². The Bertz CT molecular complexity index is 2730. The molecule has 0 amide bonds. The van der Waals surface area contributed by atoms with E-state index in [2.05, 4.69) is 138 Å². The van der Waals surface area contributed by atoms with E-state index in [0.29, 0.717) is 5.46 Å². The maximum absolute atomic E-state index is 9.08. The van der Waals surface area contributed by atoms with Crippen LogP contribution in [0.5, 0.6) is 0 Å². The summed E-state index contributed by atoms with van der Waals surface area (Å²) in [5.74, 6) is 0. The van der Waals surface area contributed by atoms with Crippen LogP contribution in [0.1, 0.15) is 14.9 Å². The Morgan fingerprint density at radius 3 is 1.20 bits per heavy atom. The lowest BCUT2D eigenvalue weighted by Gasteiger charge is -2.11. The van der Waals surface area contributed by atoms with Gasteiger partial charge in [0, 0.05) is 20.1 Å².